The maximum absolute atomic E-state index is 12.9. The van der Waals surface area contributed by atoms with Crippen molar-refractivity contribution >= 4 is 5.82 Å². The van der Waals surface area contributed by atoms with Crippen molar-refractivity contribution in [1.29, 1.82) is 0 Å². The first-order valence-electron chi connectivity index (χ1n) is 7.16. The molecule has 0 amide bonds. The Morgan fingerprint density at radius 1 is 1.30 bits per heavy atom. The number of anilines is 1. The van der Waals surface area contributed by atoms with Crippen molar-refractivity contribution in [3.05, 3.63) is 35.5 Å². The Bertz CT molecular complexity index is 652. The molecule has 6 nitrogen and oxygen atoms in total. The molecule has 0 bridgehead atoms. The monoisotopic (exact) mass is 328 g/mol. The second-order valence-corrected chi connectivity index (χ2v) is 5.44. The third-order valence-electron chi connectivity index (χ3n) is 3.24. The van der Waals surface area contributed by atoms with Gasteiger partial charge in [0.2, 0.25) is 0 Å². The molecule has 0 unspecified atom stereocenters. The molecule has 0 aliphatic carbocycles. The SMILES string of the molecule is Cc1cc(C(F)(F)F)n(C[C@@H](C)CNc2cc(CN)ncn2)n1. The van der Waals surface area contributed by atoms with E-state index in [-0.39, 0.29) is 12.5 Å². The van der Waals surface area contributed by atoms with Crippen molar-refractivity contribution in [2.45, 2.75) is 33.1 Å². The molecule has 0 fully saturated rings. The van der Waals surface area contributed by atoms with Gasteiger partial charge in [0.15, 0.2) is 0 Å². The van der Waals surface area contributed by atoms with Crippen LogP contribution in [0, 0.1) is 12.8 Å². The molecule has 2 rings (SSSR count). The molecule has 2 aromatic heterocycles. The number of nitrogens with zero attached hydrogens (tertiary/aromatic N) is 4. The van der Waals surface area contributed by atoms with E-state index in [1.807, 2.05) is 6.92 Å². The van der Waals surface area contributed by atoms with Crippen molar-refractivity contribution in [3.8, 4) is 0 Å². The van der Waals surface area contributed by atoms with E-state index in [0.717, 1.165) is 10.7 Å². The molecule has 0 aliphatic rings. The van der Waals surface area contributed by atoms with Gasteiger partial charge in [0.25, 0.3) is 0 Å². The highest BCUT2D eigenvalue weighted by atomic mass is 19.4. The van der Waals surface area contributed by atoms with Crippen LogP contribution >= 0.6 is 0 Å². The summed E-state index contributed by atoms with van der Waals surface area (Å²) in [5.74, 6) is 0.520. The lowest BCUT2D eigenvalue weighted by atomic mass is 10.2. The summed E-state index contributed by atoms with van der Waals surface area (Å²) in [6.45, 7) is 4.30. The number of aryl methyl sites for hydroxylation is 1. The zero-order valence-electron chi connectivity index (χ0n) is 12.9. The molecule has 3 N–H and O–H groups in total. The van der Waals surface area contributed by atoms with Crippen LogP contribution in [0.3, 0.4) is 0 Å². The van der Waals surface area contributed by atoms with Crippen molar-refractivity contribution < 1.29 is 13.2 Å². The number of rotatable bonds is 6. The number of hydrogen-bond acceptors (Lipinski definition) is 5. The summed E-state index contributed by atoms with van der Waals surface area (Å²) in [6, 6.07) is 2.77. The fourth-order valence-corrected chi connectivity index (χ4v) is 2.16. The molecule has 23 heavy (non-hydrogen) atoms. The van der Waals surface area contributed by atoms with Crippen molar-refractivity contribution in [1.82, 2.24) is 19.7 Å². The first-order valence-corrected chi connectivity index (χ1v) is 7.16. The fourth-order valence-electron chi connectivity index (χ4n) is 2.16. The van der Waals surface area contributed by atoms with Crippen molar-refractivity contribution in [2.24, 2.45) is 11.7 Å². The minimum atomic E-state index is -4.41. The maximum atomic E-state index is 12.9. The summed E-state index contributed by atoms with van der Waals surface area (Å²) in [5, 5.41) is 7.00. The highest BCUT2D eigenvalue weighted by Gasteiger charge is 2.35. The van der Waals surface area contributed by atoms with Crippen LogP contribution in [-0.2, 0) is 19.3 Å². The summed E-state index contributed by atoms with van der Waals surface area (Å²) in [7, 11) is 0. The third-order valence-corrected chi connectivity index (χ3v) is 3.24. The lowest BCUT2D eigenvalue weighted by molar-refractivity contribution is -0.144. The molecule has 0 saturated carbocycles. The Morgan fingerprint density at radius 3 is 2.70 bits per heavy atom. The Labute approximate surface area is 131 Å². The second-order valence-electron chi connectivity index (χ2n) is 5.44. The van der Waals surface area contributed by atoms with Crippen LogP contribution in [0.25, 0.3) is 0 Å². The van der Waals surface area contributed by atoms with E-state index in [0.29, 0.717) is 30.3 Å². The maximum Gasteiger partial charge on any atom is 0.433 e. The number of hydrogen-bond donors (Lipinski definition) is 2. The average Bonchev–Trinajstić information content (AvgIpc) is 2.86. The molecule has 0 aliphatic heterocycles. The average molecular weight is 328 g/mol. The van der Waals surface area contributed by atoms with E-state index in [1.54, 1.807) is 13.0 Å². The highest BCUT2D eigenvalue weighted by Crippen LogP contribution is 2.30. The Morgan fingerprint density at radius 2 is 2.04 bits per heavy atom. The topological polar surface area (TPSA) is 81.7 Å². The molecule has 126 valence electrons. The van der Waals surface area contributed by atoms with E-state index in [9.17, 15) is 13.2 Å². The smallest absolute Gasteiger partial charge is 0.370 e. The summed E-state index contributed by atoms with van der Waals surface area (Å²) >= 11 is 0. The minimum Gasteiger partial charge on any atom is -0.370 e. The van der Waals surface area contributed by atoms with Gasteiger partial charge in [0.1, 0.15) is 17.8 Å². The van der Waals surface area contributed by atoms with E-state index >= 15 is 0 Å². The van der Waals surface area contributed by atoms with Gasteiger partial charge in [-0.25, -0.2) is 9.97 Å². The van der Waals surface area contributed by atoms with E-state index in [2.05, 4.69) is 20.4 Å². The standard InChI is InChI=1S/C14H19F3N6/c1-9(6-19-13-4-11(5-18)20-8-21-13)7-23-12(14(15,16)17)3-10(2)22-23/h3-4,8-9H,5-7,18H2,1-2H3,(H,19,20,21)/t9-/m0/s1. The van der Waals surface area contributed by atoms with Gasteiger partial charge in [0, 0.05) is 25.7 Å². The van der Waals surface area contributed by atoms with Gasteiger partial charge < -0.3 is 11.1 Å². The largest absolute Gasteiger partial charge is 0.433 e. The lowest BCUT2D eigenvalue weighted by Crippen LogP contribution is -2.22. The first-order chi connectivity index (χ1) is 10.8. The molecule has 0 spiro atoms. The first kappa shape index (κ1) is 17.2. The van der Waals surface area contributed by atoms with Crippen LogP contribution in [0.1, 0.15) is 24.0 Å². The predicted molar refractivity (Wildman–Crippen MR) is 79.5 cm³/mol. The summed E-state index contributed by atoms with van der Waals surface area (Å²) < 4.78 is 39.8. The molecular weight excluding hydrogens is 309 g/mol. The van der Waals surface area contributed by atoms with Gasteiger partial charge in [-0.3, -0.25) is 4.68 Å². The Hall–Kier alpha value is -2.16. The van der Waals surface area contributed by atoms with Gasteiger partial charge in [0.05, 0.1) is 11.4 Å². The highest BCUT2D eigenvalue weighted by molar-refractivity contribution is 5.34. The van der Waals surface area contributed by atoms with Crippen LogP contribution in [0.5, 0.6) is 0 Å². The van der Waals surface area contributed by atoms with E-state index in [1.165, 1.54) is 6.33 Å². The van der Waals surface area contributed by atoms with Crippen molar-refractivity contribution in [3.63, 3.8) is 0 Å². The fraction of sp³-hybridized carbons (Fsp3) is 0.500. The molecule has 1 atom stereocenters. The predicted octanol–water partition coefficient (Wildman–Crippen LogP) is 2.21. The second kappa shape index (κ2) is 6.95. The van der Waals surface area contributed by atoms with Crippen LogP contribution < -0.4 is 11.1 Å². The zero-order valence-corrected chi connectivity index (χ0v) is 12.9. The zero-order chi connectivity index (χ0) is 17.0. The van der Waals surface area contributed by atoms with Gasteiger partial charge in [-0.1, -0.05) is 6.92 Å². The summed E-state index contributed by atoms with van der Waals surface area (Å²) in [6.07, 6.45) is -3.01. The minimum absolute atomic E-state index is 0.0771. The molecule has 0 aromatic carbocycles. The van der Waals surface area contributed by atoms with Gasteiger partial charge in [-0.05, 0) is 18.9 Å². The van der Waals surface area contributed by atoms with Crippen LogP contribution in [0.4, 0.5) is 19.0 Å². The Balaban J connectivity index is 1.98. The van der Waals surface area contributed by atoms with E-state index in [4.69, 9.17) is 5.73 Å². The van der Waals surface area contributed by atoms with Gasteiger partial charge in [-0.15, -0.1) is 0 Å². The van der Waals surface area contributed by atoms with Gasteiger partial charge in [-0.2, -0.15) is 18.3 Å². The number of nitrogens with one attached hydrogen (secondary N) is 1. The summed E-state index contributed by atoms with van der Waals surface area (Å²) in [5.41, 5.74) is 5.81. The summed E-state index contributed by atoms with van der Waals surface area (Å²) in [4.78, 5) is 8.03. The van der Waals surface area contributed by atoms with Crippen LogP contribution in [0.2, 0.25) is 0 Å². The van der Waals surface area contributed by atoms with Crippen LogP contribution in [0.15, 0.2) is 18.5 Å². The number of alkyl halides is 3. The molecule has 9 heteroatoms. The molecule has 2 aromatic rings. The molecule has 2 heterocycles. The quantitative estimate of drug-likeness (QED) is 0.849. The Kier molecular flexibility index (Phi) is 5.19. The van der Waals surface area contributed by atoms with E-state index < -0.39 is 11.9 Å². The lowest BCUT2D eigenvalue weighted by Gasteiger charge is -2.16. The molecule has 0 radical (unpaired) electrons. The number of aromatic nitrogens is 4. The number of halogens is 3. The number of nitrogens with two attached hydrogens (primary N) is 1. The normalized spacial score (nSPS) is 13.1. The molecular formula is C14H19F3N6. The van der Waals surface area contributed by atoms with Crippen molar-refractivity contribution in [2.75, 3.05) is 11.9 Å². The third kappa shape index (κ3) is 4.65. The molecule has 0 saturated heterocycles. The van der Waals surface area contributed by atoms with Gasteiger partial charge >= 0.3 is 6.18 Å². The van der Waals surface area contributed by atoms with Crippen LogP contribution in [-0.4, -0.2) is 26.3 Å².